The Morgan fingerprint density at radius 1 is 1.23 bits per heavy atom. The predicted molar refractivity (Wildman–Crippen MR) is 129 cm³/mol. The number of nitrogens with zero attached hydrogens (tertiary/aromatic N) is 3. The highest BCUT2D eigenvalue weighted by atomic mass is 16.6. The second-order valence-corrected chi connectivity index (χ2v) is 10.1. The first-order chi connectivity index (χ1) is 17.0. The van der Waals surface area contributed by atoms with Crippen molar-refractivity contribution in [1.29, 1.82) is 0 Å². The first-order valence-electron chi connectivity index (χ1n) is 12.1. The highest BCUT2D eigenvalue weighted by Crippen LogP contribution is 2.44. The molecule has 35 heavy (non-hydrogen) atoms. The minimum absolute atomic E-state index is 0.185. The Morgan fingerprint density at radius 2 is 2.11 bits per heavy atom. The van der Waals surface area contributed by atoms with E-state index in [-0.39, 0.29) is 5.41 Å². The molecule has 1 N–H and O–H groups in total. The largest absolute Gasteiger partial charge is 0.493 e. The number of amides is 1. The average Bonchev–Trinajstić information content (AvgIpc) is 3.43. The lowest BCUT2D eigenvalue weighted by molar-refractivity contribution is -0.109. The number of pyridine rings is 2. The first kappa shape index (κ1) is 22.5. The summed E-state index contributed by atoms with van der Waals surface area (Å²) in [5.41, 5.74) is 4.39. The molecule has 184 valence electrons. The van der Waals surface area contributed by atoms with Crippen molar-refractivity contribution in [2.24, 2.45) is 12.5 Å². The van der Waals surface area contributed by atoms with E-state index in [9.17, 15) is 4.79 Å². The number of carbonyl (C=O) groups is 1. The summed E-state index contributed by atoms with van der Waals surface area (Å²) in [5, 5.41) is 3.61. The van der Waals surface area contributed by atoms with Gasteiger partial charge in [0.05, 0.1) is 56.1 Å². The fourth-order valence-electron chi connectivity index (χ4n) is 5.32. The van der Waals surface area contributed by atoms with Gasteiger partial charge in [-0.15, -0.1) is 0 Å². The summed E-state index contributed by atoms with van der Waals surface area (Å²) in [6, 6.07) is 3.93. The molecule has 6 heterocycles. The van der Waals surface area contributed by atoms with Gasteiger partial charge in [-0.2, -0.15) is 0 Å². The summed E-state index contributed by atoms with van der Waals surface area (Å²) in [4.78, 5) is 20.5. The van der Waals surface area contributed by atoms with E-state index < -0.39 is 5.60 Å². The summed E-state index contributed by atoms with van der Waals surface area (Å²) in [5.74, 6) is 1.36. The molecule has 3 aromatic rings. The molecule has 3 aliphatic heterocycles. The molecule has 1 amide bonds. The summed E-state index contributed by atoms with van der Waals surface area (Å²) in [7, 11) is 1.98. The zero-order valence-electron chi connectivity index (χ0n) is 20.1. The SMILES string of the molecule is Cn1cc(-c2cc(OCCC3(C)COC3)c3c(n2)C2(CCOC2)OCC3)c2cc(NC=O)ncc21. The van der Waals surface area contributed by atoms with Crippen LogP contribution in [0.15, 0.2) is 24.5 Å². The Kier molecular flexibility index (Phi) is 5.51. The van der Waals surface area contributed by atoms with Crippen molar-refractivity contribution in [3.05, 3.63) is 35.8 Å². The average molecular weight is 479 g/mol. The highest BCUT2D eigenvalue weighted by Gasteiger charge is 2.44. The van der Waals surface area contributed by atoms with Crippen molar-refractivity contribution in [3.8, 4) is 17.0 Å². The maximum absolute atomic E-state index is 11.0. The molecule has 0 saturated carbocycles. The molecule has 0 aliphatic carbocycles. The number of hydrogen-bond acceptors (Lipinski definition) is 7. The van der Waals surface area contributed by atoms with E-state index in [4.69, 9.17) is 23.9 Å². The van der Waals surface area contributed by atoms with Gasteiger partial charge in [-0.1, -0.05) is 6.92 Å². The van der Waals surface area contributed by atoms with Crippen molar-refractivity contribution < 1.29 is 23.7 Å². The molecule has 1 spiro atoms. The van der Waals surface area contributed by atoms with E-state index in [0.717, 1.165) is 71.6 Å². The number of anilines is 1. The Labute approximate surface area is 203 Å². The smallest absolute Gasteiger partial charge is 0.212 e. The Balaban J connectivity index is 1.45. The Bertz CT molecular complexity index is 1280. The van der Waals surface area contributed by atoms with Crippen LogP contribution in [0, 0.1) is 5.41 Å². The molecule has 9 nitrogen and oxygen atoms in total. The lowest BCUT2D eigenvalue weighted by atomic mass is 9.85. The molecule has 2 saturated heterocycles. The third-order valence-electron chi connectivity index (χ3n) is 7.45. The molecule has 3 aromatic heterocycles. The number of hydrogen-bond donors (Lipinski definition) is 1. The van der Waals surface area contributed by atoms with Crippen LogP contribution in [0.3, 0.4) is 0 Å². The summed E-state index contributed by atoms with van der Waals surface area (Å²) >= 11 is 0. The van der Waals surface area contributed by atoms with E-state index in [0.29, 0.717) is 38.7 Å². The first-order valence-corrected chi connectivity index (χ1v) is 12.1. The Morgan fingerprint density at radius 3 is 2.86 bits per heavy atom. The molecular weight excluding hydrogens is 448 g/mol. The van der Waals surface area contributed by atoms with Gasteiger partial charge in [-0.05, 0) is 12.5 Å². The van der Waals surface area contributed by atoms with Crippen molar-refractivity contribution in [1.82, 2.24) is 14.5 Å². The van der Waals surface area contributed by atoms with Gasteiger partial charge < -0.3 is 28.8 Å². The minimum atomic E-state index is -0.536. The van der Waals surface area contributed by atoms with Crippen LogP contribution in [-0.4, -0.2) is 60.6 Å². The summed E-state index contributed by atoms with van der Waals surface area (Å²) in [6.45, 7) is 6.20. The van der Waals surface area contributed by atoms with Crippen LogP contribution in [0.1, 0.15) is 31.0 Å². The third-order valence-corrected chi connectivity index (χ3v) is 7.45. The molecule has 9 heteroatoms. The summed E-state index contributed by atoms with van der Waals surface area (Å²) < 4.78 is 26.0. The molecule has 3 aliphatic rings. The van der Waals surface area contributed by atoms with Gasteiger partial charge in [0.1, 0.15) is 17.2 Å². The van der Waals surface area contributed by atoms with Crippen LogP contribution < -0.4 is 10.1 Å². The monoisotopic (exact) mass is 478 g/mol. The fraction of sp³-hybridized carbons (Fsp3) is 0.500. The standard InChI is InChI=1S/C26H30N4O5/c1-25(13-33-14-25)4-8-34-22-10-20(29-24-17(22)3-6-35-26(24)5-7-32-15-26)19-12-30(2)21-11-27-23(28-16-31)9-18(19)21/h9-12,16H,3-8,13-15H2,1-2H3,(H,27,28,31). The van der Waals surface area contributed by atoms with Crippen LogP contribution in [0.4, 0.5) is 5.82 Å². The van der Waals surface area contributed by atoms with Crippen LogP contribution in [0.25, 0.3) is 22.2 Å². The number of carbonyl (C=O) groups excluding carboxylic acids is 1. The van der Waals surface area contributed by atoms with E-state index in [1.165, 1.54) is 0 Å². The molecule has 2 fully saturated rings. The number of fused-ring (bicyclic) bond motifs is 3. The van der Waals surface area contributed by atoms with Gasteiger partial charge in [-0.25, -0.2) is 9.97 Å². The molecule has 1 atom stereocenters. The van der Waals surface area contributed by atoms with Crippen LogP contribution in [0.5, 0.6) is 5.75 Å². The quantitative estimate of drug-likeness (QED) is 0.521. The normalized spacial score (nSPS) is 22.7. The maximum Gasteiger partial charge on any atom is 0.212 e. The number of aryl methyl sites for hydroxylation is 1. The maximum atomic E-state index is 11.0. The van der Waals surface area contributed by atoms with Crippen molar-refractivity contribution >= 4 is 23.1 Å². The van der Waals surface area contributed by atoms with E-state index in [1.807, 2.05) is 23.9 Å². The molecule has 0 aromatic carbocycles. The van der Waals surface area contributed by atoms with Gasteiger partial charge in [0.15, 0.2) is 0 Å². The van der Waals surface area contributed by atoms with Crippen LogP contribution in [0.2, 0.25) is 0 Å². The van der Waals surface area contributed by atoms with Crippen LogP contribution >= 0.6 is 0 Å². The molecule has 6 rings (SSSR count). The zero-order valence-corrected chi connectivity index (χ0v) is 20.1. The second kappa shape index (κ2) is 8.58. The fourth-order valence-corrected chi connectivity index (χ4v) is 5.32. The number of rotatable bonds is 7. The molecule has 0 radical (unpaired) electrons. The van der Waals surface area contributed by atoms with Gasteiger partial charge in [0, 0.05) is 60.7 Å². The predicted octanol–water partition coefficient (Wildman–Crippen LogP) is 3.20. The topological polar surface area (TPSA) is 96.7 Å². The molecule has 1 unspecified atom stereocenters. The van der Waals surface area contributed by atoms with E-state index in [2.05, 4.69) is 23.3 Å². The van der Waals surface area contributed by atoms with Gasteiger partial charge in [0.2, 0.25) is 6.41 Å². The molecular formula is C26H30N4O5. The number of nitrogens with one attached hydrogen (secondary N) is 1. The third kappa shape index (κ3) is 3.87. The van der Waals surface area contributed by atoms with Crippen molar-refractivity contribution in [2.45, 2.75) is 31.8 Å². The van der Waals surface area contributed by atoms with Crippen molar-refractivity contribution in [3.63, 3.8) is 0 Å². The lowest BCUT2D eigenvalue weighted by Crippen LogP contribution is -2.41. The van der Waals surface area contributed by atoms with Crippen LogP contribution in [-0.2, 0) is 38.1 Å². The second-order valence-electron chi connectivity index (χ2n) is 10.1. The molecule has 0 bridgehead atoms. The van der Waals surface area contributed by atoms with Gasteiger partial charge >= 0.3 is 0 Å². The van der Waals surface area contributed by atoms with E-state index >= 15 is 0 Å². The van der Waals surface area contributed by atoms with Gasteiger partial charge in [-0.3, -0.25) is 4.79 Å². The summed E-state index contributed by atoms with van der Waals surface area (Å²) in [6.07, 6.45) is 6.91. The number of aromatic nitrogens is 3. The minimum Gasteiger partial charge on any atom is -0.493 e. The van der Waals surface area contributed by atoms with E-state index in [1.54, 1.807) is 6.20 Å². The Hall–Kier alpha value is -3.01. The van der Waals surface area contributed by atoms with Crippen molar-refractivity contribution in [2.75, 3.05) is 45.0 Å². The van der Waals surface area contributed by atoms with Gasteiger partial charge in [0.25, 0.3) is 0 Å². The number of ether oxygens (including phenoxy) is 4. The zero-order chi connectivity index (χ0) is 24.0. The lowest BCUT2D eigenvalue weighted by Gasteiger charge is -2.38. The highest BCUT2D eigenvalue weighted by molar-refractivity contribution is 5.97.